The maximum atomic E-state index is 13.1. The van der Waals surface area contributed by atoms with Gasteiger partial charge in [-0.15, -0.1) is 0 Å². The molecule has 2 aliphatic rings. The molecule has 0 spiro atoms. The van der Waals surface area contributed by atoms with E-state index >= 15 is 0 Å². The zero-order valence-electron chi connectivity index (χ0n) is 17.1. The van der Waals surface area contributed by atoms with Gasteiger partial charge in [0.2, 0.25) is 5.91 Å². The quantitative estimate of drug-likeness (QED) is 0.618. The summed E-state index contributed by atoms with van der Waals surface area (Å²) >= 11 is 3.50. The number of para-hydroxylation sites is 1. The average Bonchev–Trinajstić information content (AvgIpc) is 2.89. The summed E-state index contributed by atoms with van der Waals surface area (Å²) in [6.45, 7) is 3.99. The number of hydrogen-bond acceptors (Lipinski definition) is 4. The summed E-state index contributed by atoms with van der Waals surface area (Å²) in [5, 5.41) is 3.03. The van der Waals surface area contributed by atoms with E-state index in [-0.39, 0.29) is 24.1 Å². The van der Waals surface area contributed by atoms with Crippen molar-refractivity contribution >= 4 is 33.6 Å². The minimum absolute atomic E-state index is 0.00561. The highest BCUT2D eigenvalue weighted by molar-refractivity contribution is 9.10. The Morgan fingerprint density at radius 3 is 2.77 bits per heavy atom. The molecule has 2 aromatic rings. The molecule has 2 atom stereocenters. The van der Waals surface area contributed by atoms with Gasteiger partial charge < -0.3 is 14.8 Å². The van der Waals surface area contributed by atoms with Crippen LogP contribution in [0.15, 0.2) is 46.9 Å². The lowest BCUT2D eigenvalue weighted by atomic mass is 9.89. The molecule has 30 heavy (non-hydrogen) atoms. The van der Waals surface area contributed by atoms with Gasteiger partial charge in [0.25, 0.3) is 0 Å². The molecule has 2 heterocycles. The molecule has 1 N–H and O–H groups in total. The summed E-state index contributed by atoms with van der Waals surface area (Å²) in [5.41, 5.74) is 1.56. The number of nitrogens with zero attached hydrogens (tertiary/aromatic N) is 1. The number of hydrogen-bond donors (Lipinski definition) is 1. The molecule has 0 saturated carbocycles. The minimum atomic E-state index is -0.444. The van der Waals surface area contributed by atoms with Gasteiger partial charge in [-0.1, -0.05) is 48.0 Å². The van der Waals surface area contributed by atoms with Gasteiger partial charge >= 0.3 is 6.09 Å². The monoisotopic (exact) mass is 472 g/mol. The maximum absolute atomic E-state index is 13.1. The number of carbonyl (C=O) groups excluding carboxylic acids is 2. The first-order valence-corrected chi connectivity index (χ1v) is 11.2. The molecule has 2 unspecified atom stereocenters. The molecule has 6 nitrogen and oxygen atoms in total. The van der Waals surface area contributed by atoms with Gasteiger partial charge in [0.15, 0.2) is 5.75 Å². The fourth-order valence-electron chi connectivity index (χ4n) is 4.18. The number of ether oxygens (including phenoxy) is 2. The Morgan fingerprint density at radius 2 is 2.00 bits per heavy atom. The van der Waals surface area contributed by atoms with Crippen molar-refractivity contribution in [2.75, 3.05) is 4.90 Å². The van der Waals surface area contributed by atoms with Crippen molar-refractivity contribution < 1.29 is 19.1 Å². The molecule has 2 aliphatic heterocycles. The SMILES string of the molecule is CCC(CC)OC(=O)NC1CCC(=O)N2c3cc(Br)ccc3Oc3ccccc3C12. The second-order valence-electron chi connectivity index (χ2n) is 7.59. The van der Waals surface area contributed by atoms with E-state index in [2.05, 4.69) is 21.2 Å². The van der Waals surface area contributed by atoms with Crippen LogP contribution >= 0.6 is 15.9 Å². The van der Waals surface area contributed by atoms with E-state index < -0.39 is 6.09 Å². The van der Waals surface area contributed by atoms with Gasteiger partial charge in [-0.3, -0.25) is 9.69 Å². The van der Waals surface area contributed by atoms with Gasteiger partial charge in [0.05, 0.1) is 17.8 Å². The summed E-state index contributed by atoms with van der Waals surface area (Å²) in [4.78, 5) is 27.5. The topological polar surface area (TPSA) is 67.9 Å². The molecular formula is C23H25BrN2O4. The zero-order chi connectivity index (χ0) is 21.3. The fraction of sp³-hybridized carbons (Fsp3) is 0.391. The molecule has 7 heteroatoms. The Bertz CT molecular complexity index is 960. The van der Waals surface area contributed by atoms with E-state index in [9.17, 15) is 9.59 Å². The first-order valence-electron chi connectivity index (χ1n) is 10.4. The van der Waals surface area contributed by atoms with Crippen LogP contribution in [0, 0.1) is 0 Å². The number of halogens is 1. The molecule has 0 bridgehead atoms. The van der Waals surface area contributed by atoms with E-state index in [0.717, 1.165) is 22.9 Å². The fourth-order valence-corrected chi connectivity index (χ4v) is 4.53. The number of benzene rings is 2. The molecule has 0 radical (unpaired) electrons. The Morgan fingerprint density at radius 1 is 1.23 bits per heavy atom. The largest absolute Gasteiger partial charge is 0.455 e. The molecule has 1 saturated heterocycles. The number of anilines is 1. The van der Waals surface area contributed by atoms with Crippen molar-refractivity contribution in [3.63, 3.8) is 0 Å². The van der Waals surface area contributed by atoms with Crippen LogP contribution in [0.5, 0.6) is 11.5 Å². The van der Waals surface area contributed by atoms with Crippen molar-refractivity contribution in [2.24, 2.45) is 0 Å². The highest BCUT2D eigenvalue weighted by Gasteiger charge is 2.43. The van der Waals surface area contributed by atoms with Crippen LogP contribution in [0.25, 0.3) is 0 Å². The van der Waals surface area contributed by atoms with Crippen molar-refractivity contribution in [2.45, 2.75) is 57.7 Å². The van der Waals surface area contributed by atoms with Gasteiger partial charge in [0.1, 0.15) is 11.9 Å². The average molecular weight is 473 g/mol. The Labute approximate surface area is 184 Å². The normalized spacial score (nSPS) is 19.9. The second-order valence-corrected chi connectivity index (χ2v) is 8.51. The van der Waals surface area contributed by atoms with Crippen LogP contribution in [0.2, 0.25) is 0 Å². The predicted molar refractivity (Wildman–Crippen MR) is 118 cm³/mol. The number of rotatable bonds is 4. The second kappa shape index (κ2) is 8.68. The molecule has 1 fully saturated rings. The highest BCUT2D eigenvalue weighted by atomic mass is 79.9. The van der Waals surface area contributed by atoms with Crippen LogP contribution in [0.1, 0.15) is 51.1 Å². The third-order valence-electron chi connectivity index (χ3n) is 5.72. The first kappa shape index (κ1) is 20.7. The summed E-state index contributed by atoms with van der Waals surface area (Å²) in [6, 6.07) is 12.6. The predicted octanol–water partition coefficient (Wildman–Crippen LogP) is 5.71. The molecule has 2 amide bonds. The van der Waals surface area contributed by atoms with E-state index in [1.165, 1.54) is 0 Å². The summed E-state index contributed by atoms with van der Waals surface area (Å²) in [7, 11) is 0. The van der Waals surface area contributed by atoms with Gasteiger partial charge in [-0.2, -0.15) is 0 Å². The van der Waals surface area contributed by atoms with Crippen LogP contribution in [0.3, 0.4) is 0 Å². The molecule has 2 aromatic carbocycles. The zero-order valence-corrected chi connectivity index (χ0v) is 18.6. The smallest absolute Gasteiger partial charge is 0.407 e. The first-order chi connectivity index (χ1) is 14.5. The van der Waals surface area contributed by atoms with Gasteiger partial charge in [-0.05, 0) is 43.5 Å². The van der Waals surface area contributed by atoms with Crippen molar-refractivity contribution in [1.29, 1.82) is 0 Å². The van der Waals surface area contributed by atoms with Crippen LogP contribution < -0.4 is 15.0 Å². The van der Waals surface area contributed by atoms with Crippen molar-refractivity contribution in [3.8, 4) is 11.5 Å². The molecule has 0 aliphatic carbocycles. The van der Waals surface area contributed by atoms with Gasteiger partial charge in [0, 0.05) is 16.5 Å². The summed E-state index contributed by atoms with van der Waals surface area (Å²) in [5.74, 6) is 1.30. The molecular weight excluding hydrogens is 448 g/mol. The van der Waals surface area contributed by atoms with Gasteiger partial charge in [-0.25, -0.2) is 4.79 Å². The Balaban J connectivity index is 1.74. The summed E-state index contributed by atoms with van der Waals surface area (Å²) < 4.78 is 12.6. The van der Waals surface area contributed by atoms with Crippen molar-refractivity contribution in [1.82, 2.24) is 5.32 Å². The van der Waals surface area contributed by atoms with Crippen LogP contribution in [0.4, 0.5) is 10.5 Å². The Hall–Kier alpha value is -2.54. The van der Waals surface area contributed by atoms with Crippen molar-refractivity contribution in [3.05, 3.63) is 52.5 Å². The van der Waals surface area contributed by atoms with E-state index in [1.54, 1.807) is 4.90 Å². The number of nitrogens with one attached hydrogen (secondary N) is 1. The Kier molecular flexibility index (Phi) is 5.99. The maximum Gasteiger partial charge on any atom is 0.407 e. The molecule has 158 valence electrons. The molecule has 0 aromatic heterocycles. The van der Waals surface area contributed by atoms with Crippen LogP contribution in [-0.2, 0) is 9.53 Å². The lowest BCUT2D eigenvalue weighted by Gasteiger charge is -2.40. The van der Waals surface area contributed by atoms with E-state index in [4.69, 9.17) is 9.47 Å². The lowest BCUT2D eigenvalue weighted by Crippen LogP contribution is -2.52. The number of fused-ring (bicyclic) bond motifs is 5. The molecule has 4 rings (SSSR count). The lowest BCUT2D eigenvalue weighted by molar-refractivity contribution is -0.120. The van der Waals surface area contributed by atoms with Crippen LogP contribution in [-0.4, -0.2) is 24.1 Å². The number of piperidine rings is 1. The number of amides is 2. The summed E-state index contributed by atoms with van der Waals surface area (Å²) in [6.07, 6.45) is 1.84. The van der Waals surface area contributed by atoms with E-state index in [1.807, 2.05) is 56.3 Å². The van der Waals surface area contributed by atoms with E-state index in [0.29, 0.717) is 30.0 Å². The standard InChI is InChI=1S/C23H25BrN2O4/c1-3-15(4-2)29-23(28)25-17-10-12-21(27)26-18-13-14(24)9-11-20(18)30-19-8-6-5-7-16(19)22(17)26/h5-9,11,13,15,17,22H,3-4,10,12H2,1-2H3,(H,25,28). The minimum Gasteiger partial charge on any atom is -0.455 e. The number of carbonyl (C=O) groups is 2. The third kappa shape index (κ3) is 3.90. The third-order valence-corrected chi connectivity index (χ3v) is 6.22. The highest BCUT2D eigenvalue weighted by Crippen LogP contribution is 2.48. The number of alkyl carbamates (subject to hydrolysis) is 1.